The molecule has 2 N–H and O–H groups in total. The summed E-state index contributed by atoms with van der Waals surface area (Å²) in [6.07, 6.45) is -0.594. The van der Waals surface area contributed by atoms with Crippen molar-refractivity contribution in [1.29, 1.82) is 0 Å². The fourth-order valence-corrected chi connectivity index (χ4v) is 2.13. The third-order valence-corrected chi connectivity index (χ3v) is 3.53. The van der Waals surface area contributed by atoms with Crippen LogP contribution in [0.4, 0.5) is 0 Å². The van der Waals surface area contributed by atoms with Crippen LogP contribution in [0.1, 0.15) is 5.56 Å². The summed E-state index contributed by atoms with van der Waals surface area (Å²) in [7, 11) is 0. The summed E-state index contributed by atoms with van der Waals surface area (Å²) in [5.41, 5.74) is 1.00. The van der Waals surface area contributed by atoms with Gasteiger partial charge in [0.05, 0.1) is 0 Å². The van der Waals surface area contributed by atoms with Crippen LogP contribution in [-0.2, 0) is 6.54 Å². The van der Waals surface area contributed by atoms with Crippen LogP contribution >= 0.6 is 23.2 Å². The van der Waals surface area contributed by atoms with Gasteiger partial charge in [-0.3, -0.25) is 0 Å². The molecular formula is C16H17Cl2NO2. The second kappa shape index (κ2) is 8.25. The van der Waals surface area contributed by atoms with Gasteiger partial charge >= 0.3 is 0 Å². The molecule has 0 aromatic heterocycles. The van der Waals surface area contributed by atoms with E-state index in [9.17, 15) is 5.11 Å². The number of halogens is 2. The normalized spacial score (nSPS) is 12.1. The van der Waals surface area contributed by atoms with Crippen molar-refractivity contribution in [3.63, 3.8) is 0 Å². The zero-order chi connectivity index (χ0) is 15.1. The Hall–Kier alpha value is -1.26. The van der Waals surface area contributed by atoms with Crippen molar-refractivity contribution in [2.45, 2.75) is 12.6 Å². The average Bonchev–Trinajstić information content (AvgIpc) is 2.49. The molecule has 3 nitrogen and oxygen atoms in total. The molecule has 0 amide bonds. The first-order chi connectivity index (χ1) is 10.1. The number of rotatable bonds is 7. The van der Waals surface area contributed by atoms with E-state index in [0.717, 1.165) is 10.6 Å². The van der Waals surface area contributed by atoms with E-state index in [-0.39, 0.29) is 6.61 Å². The SMILES string of the molecule is OC(CNCc1ccccc1Cl)COc1ccc(Cl)cc1. The molecule has 2 aromatic carbocycles. The molecule has 0 aliphatic heterocycles. The molecule has 0 saturated carbocycles. The first kappa shape index (κ1) is 16.1. The van der Waals surface area contributed by atoms with Crippen LogP contribution < -0.4 is 10.1 Å². The van der Waals surface area contributed by atoms with Crippen molar-refractivity contribution >= 4 is 23.2 Å². The van der Waals surface area contributed by atoms with E-state index >= 15 is 0 Å². The molecule has 1 atom stereocenters. The van der Waals surface area contributed by atoms with Gasteiger partial charge in [0.2, 0.25) is 0 Å². The van der Waals surface area contributed by atoms with E-state index in [0.29, 0.717) is 23.9 Å². The van der Waals surface area contributed by atoms with Crippen LogP contribution in [0.5, 0.6) is 5.75 Å². The highest BCUT2D eigenvalue weighted by atomic mass is 35.5. The Bertz CT molecular complexity index is 560. The lowest BCUT2D eigenvalue weighted by atomic mass is 10.2. The highest BCUT2D eigenvalue weighted by Crippen LogP contribution is 2.16. The number of aliphatic hydroxyl groups is 1. The Labute approximate surface area is 134 Å². The van der Waals surface area contributed by atoms with E-state index in [1.54, 1.807) is 24.3 Å². The molecule has 0 heterocycles. The van der Waals surface area contributed by atoms with Gasteiger partial charge < -0.3 is 15.2 Å². The Morgan fingerprint density at radius 3 is 2.48 bits per heavy atom. The summed E-state index contributed by atoms with van der Waals surface area (Å²) < 4.78 is 5.47. The monoisotopic (exact) mass is 325 g/mol. The van der Waals surface area contributed by atoms with Gasteiger partial charge in [0.1, 0.15) is 18.5 Å². The zero-order valence-electron chi connectivity index (χ0n) is 11.4. The summed E-state index contributed by atoms with van der Waals surface area (Å²) in [6.45, 7) is 1.26. The highest BCUT2D eigenvalue weighted by molar-refractivity contribution is 6.31. The summed E-state index contributed by atoms with van der Waals surface area (Å²) >= 11 is 11.8. The molecule has 2 aromatic rings. The molecule has 0 radical (unpaired) electrons. The lowest BCUT2D eigenvalue weighted by Gasteiger charge is -2.13. The van der Waals surface area contributed by atoms with Crippen LogP contribution in [0.2, 0.25) is 10.0 Å². The number of benzene rings is 2. The third kappa shape index (κ3) is 5.56. The van der Waals surface area contributed by atoms with E-state index in [2.05, 4.69) is 5.32 Å². The maximum Gasteiger partial charge on any atom is 0.119 e. The molecule has 0 aliphatic rings. The van der Waals surface area contributed by atoms with Gasteiger partial charge in [-0.25, -0.2) is 0 Å². The van der Waals surface area contributed by atoms with Crippen molar-refractivity contribution in [2.75, 3.05) is 13.2 Å². The van der Waals surface area contributed by atoms with Crippen molar-refractivity contribution < 1.29 is 9.84 Å². The molecule has 112 valence electrons. The number of hydrogen-bond acceptors (Lipinski definition) is 3. The molecule has 0 aliphatic carbocycles. The van der Waals surface area contributed by atoms with Crippen LogP contribution in [0.3, 0.4) is 0 Å². The summed E-state index contributed by atoms with van der Waals surface area (Å²) in [6, 6.07) is 14.7. The van der Waals surface area contributed by atoms with E-state index in [1.165, 1.54) is 0 Å². The first-order valence-corrected chi connectivity index (χ1v) is 7.41. The maximum absolute atomic E-state index is 9.87. The van der Waals surface area contributed by atoms with Gasteiger partial charge in [-0.1, -0.05) is 41.4 Å². The van der Waals surface area contributed by atoms with Gasteiger partial charge in [0, 0.05) is 23.1 Å². The van der Waals surface area contributed by atoms with E-state index in [4.69, 9.17) is 27.9 Å². The van der Waals surface area contributed by atoms with Crippen LogP contribution in [-0.4, -0.2) is 24.4 Å². The van der Waals surface area contributed by atoms with Gasteiger partial charge in [0.25, 0.3) is 0 Å². The molecule has 0 spiro atoms. The van der Waals surface area contributed by atoms with Crippen molar-refractivity contribution in [1.82, 2.24) is 5.32 Å². The molecule has 0 saturated heterocycles. The van der Waals surface area contributed by atoms with E-state index in [1.807, 2.05) is 24.3 Å². The van der Waals surface area contributed by atoms with Crippen LogP contribution in [0, 0.1) is 0 Å². The van der Waals surface area contributed by atoms with Crippen LogP contribution in [0.15, 0.2) is 48.5 Å². The van der Waals surface area contributed by atoms with Gasteiger partial charge in [-0.2, -0.15) is 0 Å². The summed E-state index contributed by atoms with van der Waals surface area (Å²) in [5.74, 6) is 0.685. The Morgan fingerprint density at radius 2 is 1.76 bits per heavy atom. The van der Waals surface area contributed by atoms with Crippen molar-refractivity contribution in [3.8, 4) is 5.75 Å². The topological polar surface area (TPSA) is 41.5 Å². The molecular weight excluding hydrogens is 309 g/mol. The van der Waals surface area contributed by atoms with Gasteiger partial charge in [-0.05, 0) is 35.9 Å². The second-order valence-corrected chi connectivity index (χ2v) is 5.48. The molecule has 1 unspecified atom stereocenters. The number of hydrogen-bond donors (Lipinski definition) is 2. The molecule has 21 heavy (non-hydrogen) atoms. The minimum Gasteiger partial charge on any atom is -0.491 e. The lowest BCUT2D eigenvalue weighted by molar-refractivity contribution is 0.106. The maximum atomic E-state index is 9.87. The lowest BCUT2D eigenvalue weighted by Crippen LogP contribution is -2.31. The minimum absolute atomic E-state index is 0.219. The Morgan fingerprint density at radius 1 is 1.05 bits per heavy atom. The molecule has 2 rings (SSSR count). The first-order valence-electron chi connectivity index (χ1n) is 6.65. The average molecular weight is 326 g/mol. The minimum atomic E-state index is -0.594. The molecule has 5 heteroatoms. The Balaban J connectivity index is 1.69. The van der Waals surface area contributed by atoms with E-state index < -0.39 is 6.10 Å². The predicted octanol–water partition coefficient (Wildman–Crippen LogP) is 3.52. The zero-order valence-corrected chi connectivity index (χ0v) is 12.9. The van der Waals surface area contributed by atoms with Gasteiger partial charge in [0.15, 0.2) is 0 Å². The van der Waals surface area contributed by atoms with Gasteiger partial charge in [-0.15, -0.1) is 0 Å². The highest BCUT2D eigenvalue weighted by Gasteiger charge is 2.06. The van der Waals surface area contributed by atoms with Crippen molar-refractivity contribution in [3.05, 3.63) is 64.1 Å². The van der Waals surface area contributed by atoms with Crippen LogP contribution in [0.25, 0.3) is 0 Å². The Kier molecular flexibility index (Phi) is 6.33. The fraction of sp³-hybridized carbons (Fsp3) is 0.250. The largest absolute Gasteiger partial charge is 0.491 e. The number of ether oxygens (including phenoxy) is 1. The second-order valence-electron chi connectivity index (χ2n) is 4.64. The smallest absolute Gasteiger partial charge is 0.119 e. The summed E-state index contributed by atoms with van der Waals surface area (Å²) in [4.78, 5) is 0. The number of nitrogens with one attached hydrogen (secondary N) is 1. The predicted molar refractivity (Wildman–Crippen MR) is 86.1 cm³/mol. The fourth-order valence-electron chi connectivity index (χ4n) is 1.80. The summed E-state index contributed by atoms with van der Waals surface area (Å²) in [5, 5.41) is 14.4. The third-order valence-electron chi connectivity index (χ3n) is 2.91. The molecule has 0 fully saturated rings. The number of aliphatic hydroxyl groups excluding tert-OH is 1. The standard InChI is InChI=1S/C16H17Cl2NO2/c17-13-5-7-15(8-6-13)21-11-14(20)10-19-9-12-3-1-2-4-16(12)18/h1-8,14,19-20H,9-11H2. The quantitative estimate of drug-likeness (QED) is 0.818. The van der Waals surface area contributed by atoms with Crippen molar-refractivity contribution in [2.24, 2.45) is 0 Å². The molecule has 0 bridgehead atoms.